The second kappa shape index (κ2) is 5.18. The molecule has 7 heteroatoms. The zero-order valence-corrected chi connectivity index (χ0v) is 11.5. The monoisotopic (exact) mass is 240 g/mol. The molecule has 1 aromatic carbocycles. The molecule has 5 nitrogen and oxygen atoms in total. The molecule has 0 unspecified atom stereocenters. The minimum atomic E-state index is -4.30. The van der Waals surface area contributed by atoms with Crippen LogP contribution in [0.5, 0.6) is 11.5 Å². The Balaban J connectivity index is 0.00000196. The smallest absolute Gasteiger partial charge is 0.870 e. The Kier molecular flexibility index (Phi) is 5.08. The van der Waals surface area contributed by atoms with E-state index in [1.807, 2.05) is 0 Å². The second-order valence-electron chi connectivity index (χ2n) is 2.74. The maximum atomic E-state index is 11.1. The zero-order valence-electron chi connectivity index (χ0n) is 8.64. The maximum absolute atomic E-state index is 11.1. The maximum Gasteiger partial charge on any atom is 1.00 e. The van der Waals surface area contributed by atoms with Crippen LogP contribution in [-0.2, 0) is 10.1 Å². The summed E-state index contributed by atoms with van der Waals surface area (Å²) in [6, 6.07) is 2.11. The Morgan fingerprint density at radius 3 is 2.33 bits per heavy atom. The van der Waals surface area contributed by atoms with Gasteiger partial charge in [-0.1, -0.05) is 11.8 Å². The third kappa shape index (κ3) is 3.35. The molecular formula is C8H9NaO5S. The summed E-state index contributed by atoms with van der Waals surface area (Å²) in [5, 5.41) is 11.1. The van der Waals surface area contributed by atoms with Gasteiger partial charge in [0.15, 0.2) is 0 Å². The molecule has 0 atom stereocenters. The minimum absolute atomic E-state index is 0. The first-order chi connectivity index (χ1) is 6.36. The van der Waals surface area contributed by atoms with Crippen LogP contribution in [0.4, 0.5) is 0 Å². The number of hydrogen-bond donors (Lipinski definition) is 1. The first-order valence-electron chi connectivity index (χ1n) is 3.69. The summed E-state index contributed by atoms with van der Waals surface area (Å²) in [6.07, 6.45) is 0. The van der Waals surface area contributed by atoms with Gasteiger partial charge < -0.3 is 9.84 Å². The zero-order chi connectivity index (χ0) is 10.9. The van der Waals surface area contributed by atoms with Crippen LogP contribution in [-0.4, -0.2) is 20.1 Å². The molecule has 0 heterocycles. The van der Waals surface area contributed by atoms with E-state index in [0.717, 1.165) is 12.1 Å². The summed E-state index contributed by atoms with van der Waals surface area (Å²) in [7, 11) is -3.05. The molecular weight excluding hydrogens is 231 g/mol. The molecule has 0 spiro atoms. The van der Waals surface area contributed by atoms with E-state index >= 15 is 0 Å². The third-order valence-corrected chi connectivity index (χ3v) is 2.73. The number of aryl methyl sites for hydroxylation is 1. The van der Waals surface area contributed by atoms with Crippen LogP contribution in [0.3, 0.4) is 0 Å². The molecule has 0 fully saturated rings. The molecule has 0 aliphatic carbocycles. The fourth-order valence-corrected chi connectivity index (χ4v) is 1.80. The first kappa shape index (κ1) is 14.7. The van der Waals surface area contributed by atoms with Gasteiger partial charge in [-0.2, -0.15) is 8.42 Å². The molecule has 78 valence electrons. The number of methoxy groups -OCH3 is 1. The van der Waals surface area contributed by atoms with Crippen molar-refractivity contribution in [3.8, 4) is 11.5 Å². The molecule has 0 saturated heterocycles. The van der Waals surface area contributed by atoms with E-state index in [9.17, 15) is 13.5 Å². The second-order valence-corrected chi connectivity index (χ2v) is 4.13. The molecule has 1 N–H and O–H groups in total. The predicted octanol–water partition coefficient (Wildman–Crippen LogP) is -2.67. The molecule has 15 heavy (non-hydrogen) atoms. The van der Waals surface area contributed by atoms with Gasteiger partial charge in [-0.25, -0.2) is 0 Å². The van der Waals surface area contributed by atoms with E-state index in [0.29, 0.717) is 0 Å². The van der Waals surface area contributed by atoms with Crippen LogP contribution in [0.1, 0.15) is 5.56 Å². The summed E-state index contributed by atoms with van der Waals surface area (Å²) in [6.45, 7) is 1.42. The van der Waals surface area contributed by atoms with Gasteiger partial charge in [-0.3, -0.25) is 4.55 Å². The average Bonchev–Trinajstić information content (AvgIpc) is 2.02. The van der Waals surface area contributed by atoms with Gasteiger partial charge in [0, 0.05) is 6.07 Å². The van der Waals surface area contributed by atoms with Crippen LogP contribution in [0.25, 0.3) is 0 Å². The van der Waals surface area contributed by atoms with Gasteiger partial charge in [-0.15, -0.1) is 0 Å². The van der Waals surface area contributed by atoms with E-state index in [1.165, 1.54) is 14.0 Å². The molecule has 0 aromatic heterocycles. The Labute approximate surface area is 110 Å². The van der Waals surface area contributed by atoms with Crippen molar-refractivity contribution in [3.05, 3.63) is 17.7 Å². The Morgan fingerprint density at radius 2 is 1.93 bits per heavy atom. The summed E-state index contributed by atoms with van der Waals surface area (Å²) < 4.78 is 35.1. The first-order valence-corrected chi connectivity index (χ1v) is 5.13. The topological polar surface area (TPSA) is 86.7 Å². The van der Waals surface area contributed by atoms with E-state index in [-0.39, 0.29) is 45.8 Å². The third-order valence-electron chi connectivity index (χ3n) is 1.74. The van der Waals surface area contributed by atoms with Crippen molar-refractivity contribution >= 4 is 10.1 Å². The fourth-order valence-electron chi connectivity index (χ4n) is 1.08. The molecule has 0 aliphatic heterocycles. The van der Waals surface area contributed by atoms with Gasteiger partial charge in [0.25, 0.3) is 10.1 Å². The number of hydrogen-bond acceptors (Lipinski definition) is 4. The van der Waals surface area contributed by atoms with Crippen molar-refractivity contribution in [1.82, 2.24) is 0 Å². The van der Waals surface area contributed by atoms with Crippen LogP contribution < -0.4 is 39.4 Å². The van der Waals surface area contributed by atoms with Gasteiger partial charge in [-0.05, 0) is 12.5 Å². The molecule has 0 radical (unpaired) electrons. The number of rotatable bonds is 2. The predicted molar refractivity (Wildman–Crippen MR) is 47.0 cm³/mol. The molecule has 0 bridgehead atoms. The SMILES string of the molecule is COc1cc(S(=O)(=O)O)c(C)cc1[O-].[Na+]. The van der Waals surface area contributed by atoms with Crippen molar-refractivity contribution in [2.75, 3.05) is 7.11 Å². The van der Waals surface area contributed by atoms with E-state index in [4.69, 9.17) is 4.55 Å². The van der Waals surface area contributed by atoms with Crippen molar-refractivity contribution < 1.29 is 52.4 Å². The van der Waals surface area contributed by atoms with Gasteiger partial charge in [0.05, 0.1) is 7.11 Å². The van der Waals surface area contributed by atoms with Crippen LogP contribution in [0, 0.1) is 6.92 Å². The summed E-state index contributed by atoms with van der Waals surface area (Å²) in [5.74, 6) is -0.527. The number of ether oxygens (including phenoxy) is 1. The van der Waals surface area contributed by atoms with Crippen molar-refractivity contribution in [2.24, 2.45) is 0 Å². The number of benzene rings is 1. The van der Waals surface area contributed by atoms with E-state index in [2.05, 4.69) is 4.74 Å². The molecule has 1 rings (SSSR count). The van der Waals surface area contributed by atoms with Crippen molar-refractivity contribution in [1.29, 1.82) is 0 Å². The van der Waals surface area contributed by atoms with Crippen LogP contribution in [0.2, 0.25) is 0 Å². The minimum Gasteiger partial charge on any atom is -0.870 e. The molecule has 0 saturated carbocycles. The Bertz CT molecular complexity index is 454. The summed E-state index contributed by atoms with van der Waals surface area (Å²) in [4.78, 5) is -0.311. The average molecular weight is 240 g/mol. The van der Waals surface area contributed by atoms with Gasteiger partial charge in [0.2, 0.25) is 0 Å². The van der Waals surface area contributed by atoms with Crippen LogP contribution in [0.15, 0.2) is 17.0 Å². The van der Waals surface area contributed by atoms with Crippen molar-refractivity contribution in [2.45, 2.75) is 11.8 Å². The summed E-state index contributed by atoms with van der Waals surface area (Å²) in [5.41, 5.74) is 0.193. The molecule has 0 aliphatic rings. The Morgan fingerprint density at radius 1 is 1.40 bits per heavy atom. The van der Waals surface area contributed by atoms with E-state index < -0.39 is 15.9 Å². The van der Waals surface area contributed by atoms with Crippen molar-refractivity contribution in [3.63, 3.8) is 0 Å². The standard InChI is InChI=1S/C8H10O5S.Na/c1-5-3-6(9)7(13-2)4-8(5)14(10,11)12;/h3-4,9H,1-2H3,(H,10,11,12);/q;+1/p-1. The summed E-state index contributed by atoms with van der Waals surface area (Å²) >= 11 is 0. The molecule has 1 aromatic rings. The normalized spacial score (nSPS) is 10.6. The quantitative estimate of drug-likeness (QED) is 0.450. The van der Waals surface area contributed by atoms with Crippen LogP contribution >= 0.6 is 0 Å². The van der Waals surface area contributed by atoms with Gasteiger partial charge in [0.1, 0.15) is 10.6 Å². The fraction of sp³-hybridized carbons (Fsp3) is 0.250. The largest absolute Gasteiger partial charge is 1.00 e. The Hall–Kier alpha value is -0.270. The van der Waals surface area contributed by atoms with Gasteiger partial charge >= 0.3 is 29.6 Å². The molecule has 0 amide bonds. The van der Waals surface area contributed by atoms with E-state index in [1.54, 1.807) is 0 Å².